The maximum Gasteiger partial charge on any atom is 0.225 e. The van der Waals surface area contributed by atoms with Crippen molar-refractivity contribution in [3.8, 4) is 0 Å². The Balaban J connectivity index is 4.07. The van der Waals surface area contributed by atoms with E-state index in [0.29, 0.717) is 45.1 Å². The molecule has 0 bridgehead atoms. The average Bonchev–Trinajstić information content (AvgIpc) is 2.52. The molecule has 0 radical (unpaired) electrons. The molecule has 2 N–H and O–H groups in total. The van der Waals surface area contributed by atoms with Gasteiger partial charge in [-0.15, -0.1) is 0 Å². The zero-order chi connectivity index (χ0) is 20.2. The quantitative estimate of drug-likeness (QED) is 0.460. The standard InChI is InChI=1S/C20H40N2O4/c1-16(2)8-9-17(23)21-12-10-20(5,6)26-14-11-19(3,4)18(24)22-13-15-25-7/h16H,8-15H2,1-7H3,(H,21,23)(H,22,24). The Hall–Kier alpha value is -1.14. The van der Waals surface area contributed by atoms with Crippen molar-refractivity contribution in [1.29, 1.82) is 0 Å². The molecular weight excluding hydrogens is 332 g/mol. The van der Waals surface area contributed by atoms with E-state index in [9.17, 15) is 9.59 Å². The van der Waals surface area contributed by atoms with Crippen LogP contribution in [0.15, 0.2) is 0 Å². The molecule has 0 aliphatic rings. The monoisotopic (exact) mass is 372 g/mol. The van der Waals surface area contributed by atoms with Crippen LogP contribution in [0, 0.1) is 11.3 Å². The van der Waals surface area contributed by atoms with Crippen molar-refractivity contribution in [2.24, 2.45) is 11.3 Å². The molecule has 0 aromatic rings. The highest BCUT2D eigenvalue weighted by atomic mass is 16.5. The van der Waals surface area contributed by atoms with E-state index in [0.717, 1.165) is 12.8 Å². The summed E-state index contributed by atoms with van der Waals surface area (Å²) in [6, 6.07) is 0. The lowest BCUT2D eigenvalue weighted by Crippen LogP contribution is -2.40. The number of amides is 2. The minimum atomic E-state index is -0.491. The molecule has 0 fully saturated rings. The van der Waals surface area contributed by atoms with Gasteiger partial charge in [-0.3, -0.25) is 9.59 Å². The third-order valence-corrected chi connectivity index (χ3v) is 4.42. The van der Waals surface area contributed by atoms with Crippen LogP contribution in [0.25, 0.3) is 0 Å². The highest BCUT2D eigenvalue weighted by molar-refractivity contribution is 5.81. The number of nitrogens with one attached hydrogen (secondary N) is 2. The molecule has 0 aromatic carbocycles. The molecule has 0 unspecified atom stereocenters. The van der Waals surface area contributed by atoms with E-state index < -0.39 is 5.41 Å². The molecule has 154 valence electrons. The summed E-state index contributed by atoms with van der Waals surface area (Å²) in [6.45, 7) is 14.2. The lowest BCUT2D eigenvalue weighted by molar-refractivity contribution is -0.131. The molecule has 0 spiro atoms. The summed E-state index contributed by atoms with van der Waals surface area (Å²) in [7, 11) is 1.61. The number of ether oxygens (including phenoxy) is 2. The normalized spacial score (nSPS) is 12.3. The van der Waals surface area contributed by atoms with E-state index in [1.54, 1.807) is 7.11 Å². The van der Waals surface area contributed by atoms with Crippen LogP contribution >= 0.6 is 0 Å². The summed E-state index contributed by atoms with van der Waals surface area (Å²) in [5.41, 5.74) is -0.831. The first-order valence-corrected chi connectivity index (χ1v) is 9.68. The second-order valence-electron chi connectivity index (χ2n) is 8.52. The summed E-state index contributed by atoms with van der Waals surface area (Å²) in [5.74, 6) is 0.646. The fourth-order valence-electron chi connectivity index (χ4n) is 2.29. The van der Waals surface area contributed by atoms with Crippen LogP contribution in [0.3, 0.4) is 0 Å². The summed E-state index contributed by atoms with van der Waals surface area (Å²) in [6.07, 6.45) is 2.86. The minimum absolute atomic E-state index is 0.00775. The van der Waals surface area contributed by atoms with Crippen molar-refractivity contribution in [2.75, 3.05) is 33.4 Å². The molecule has 0 rings (SSSR count). The van der Waals surface area contributed by atoms with Crippen LogP contribution < -0.4 is 10.6 Å². The van der Waals surface area contributed by atoms with Gasteiger partial charge >= 0.3 is 0 Å². The van der Waals surface area contributed by atoms with Gasteiger partial charge in [0.1, 0.15) is 0 Å². The maximum atomic E-state index is 12.2. The molecule has 0 heterocycles. The minimum Gasteiger partial charge on any atom is -0.383 e. The molecule has 2 amide bonds. The second-order valence-corrected chi connectivity index (χ2v) is 8.52. The SMILES string of the molecule is COCCNC(=O)C(C)(C)CCOC(C)(C)CCNC(=O)CCC(C)C. The van der Waals surface area contributed by atoms with Crippen molar-refractivity contribution < 1.29 is 19.1 Å². The van der Waals surface area contributed by atoms with Crippen LogP contribution in [0.1, 0.15) is 67.2 Å². The molecule has 6 nitrogen and oxygen atoms in total. The van der Waals surface area contributed by atoms with Gasteiger partial charge in [0, 0.05) is 38.6 Å². The Morgan fingerprint density at radius 2 is 1.62 bits per heavy atom. The van der Waals surface area contributed by atoms with Gasteiger partial charge in [-0.25, -0.2) is 0 Å². The Labute approximate surface area is 159 Å². The highest BCUT2D eigenvalue weighted by Crippen LogP contribution is 2.23. The fraction of sp³-hybridized carbons (Fsp3) is 0.900. The van der Waals surface area contributed by atoms with Gasteiger partial charge in [-0.05, 0) is 39.0 Å². The third-order valence-electron chi connectivity index (χ3n) is 4.42. The number of methoxy groups -OCH3 is 1. The number of hydrogen-bond donors (Lipinski definition) is 2. The first-order chi connectivity index (χ1) is 12.0. The zero-order valence-electron chi connectivity index (χ0n) is 17.9. The second kappa shape index (κ2) is 12.3. The maximum absolute atomic E-state index is 12.2. The smallest absolute Gasteiger partial charge is 0.225 e. The van der Waals surface area contributed by atoms with E-state index in [2.05, 4.69) is 24.5 Å². The lowest BCUT2D eigenvalue weighted by atomic mass is 9.88. The van der Waals surface area contributed by atoms with Gasteiger partial charge in [0.25, 0.3) is 0 Å². The van der Waals surface area contributed by atoms with Gasteiger partial charge in [-0.2, -0.15) is 0 Å². The van der Waals surface area contributed by atoms with Crippen molar-refractivity contribution in [3.63, 3.8) is 0 Å². The molecular formula is C20H40N2O4. The van der Waals surface area contributed by atoms with E-state index in [1.807, 2.05) is 27.7 Å². The third kappa shape index (κ3) is 12.3. The van der Waals surface area contributed by atoms with E-state index >= 15 is 0 Å². The molecule has 6 heteroatoms. The Morgan fingerprint density at radius 1 is 0.962 bits per heavy atom. The molecule has 0 atom stereocenters. The van der Waals surface area contributed by atoms with Gasteiger partial charge < -0.3 is 20.1 Å². The van der Waals surface area contributed by atoms with Crippen LogP contribution in [0.2, 0.25) is 0 Å². The predicted octanol–water partition coefficient (Wildman–Crippen LogP) is 2.90. The van der Waals surface area contributed by atoms with E-state index in [-0.39, 0.29) is 17.4 Å². The Morgan fingerprint density at radius 3 is 2.19 bits per heavy atom. The van der Waals surface area contributed by atoms with E-state index in [1.165, 1.54) is 0 Å². The molecule has 0 aliphatic carbocycles. The number of carbonyl (C=O) groups excluding carboxylic acids is 2. The highest BCUT2D eigenvalue weighted by Gasteiger charge is 2.28. The summed E-state index contributed by atoms with van der Waals surface area (Å²) >= 11 is 0. The van der Waals surface area contributed by atoms with Crippen molar-refractivity contribution in [2.45, 2.75) is 72.8 Å². The summed E-state index contributed by atoms with van der Waals surface area (Å²) < 4.78 is 10.9. The van der Waals surface area contributed by atoms with Crippen molar-refractivity contribution in [1.82, 2.24) is 10.6 Å². The van der Waals surface area contributed by atoms with Crippen molar-refractivity contribution >= 4 is 11.8 Å². The van der Waals surface area contributed by atoms with Crippen molar-refractivity contribution in [3.05, 3.63) is 0 Å². The van der Waals surface area contributed by atoms with Gasteiger partial charge in [-0.1, -0.05) is 27.7 Å². The van der Waals surface area contributed by atoms with Gasteiger partial charge in [0.2, 0.25) is 11.8 Å². The average molecular weight is 373 g/mol. The predicted molar refractivity (Wildman–Crippen MR) is 105 cm³/mol. The first-order valence-electron chi connectivity index (χ1n) is 9.68. The van der Waals surface area contributed by atoms with Crippen LogP contribution in [-0.2, 0) is 19.1 Å². The van der Waals surface area contributed by atoms with Crippen LogP contribution in [0.5, 0.6) is 0 Å². The Bertz CT molecular complexity index is 420. The molecule has 0 aliphatic heterocycles. The number of rotatable bonds is 14. The van der Waals surface area contributed by atoms with Crippen LogP contribution in [-0.4, -0.2) is 50.8 Å². The number of hydrogen-bond acceptors (Lipinski definition) is 4. The van der Waals surface area contributed by atoms with E-state index in [4.69, 9.17) is 9.47 Å². The molecule has 0 saturated heterocycles. The molecule has 0 aromatic heterocycles. The number of carbonyl (C=O) groups is 2. The zero-order valence-corrected chi connectivity index (χ0v) is 17.9. The van der Waals surface area contributed by atoms with Crippen LogP contribution in [0.4, 0.5) is 0 Å². The Kier molecular flexibility index (Phi) is 11.7. The molecule has 26 heavy (non-hydrogen) atoms. The van der Waals surface area contributed by atoms with Gasteiger partial charge in [0.05, 0.1) is 12.2 Å². The topological polar surface area (TPSA) is 76.7 Å². The van der Waals surface area contributed by atoms with Gasteiger partial charge in [0.15, 0.2) is 0 Å². The lowest BCUT2D eigenvalue weighted by Gasteiger charge is -2.29. The molecule has 0 saturated carbocycles. The first kappa shape index (κ1) is 24.9. The summed E-state index contributed by atoms with van der Waals surface area (Å²) in [4.78, 5) is 23.9. The largest absolute Gasteiger partial charge is 0.383 e. The fourth-order valence-corrected chi connectivity index (χ4v) is 2.29. The summed E-state index contributed by atoms with van der Waals surface area (Å²) in [5, 5.41) is 5.82.